The van der Waals surface area contributed by atoms with Crippen LogP contribution < -0.4 is 4.90 Å². The van der Waals surface area contributed by atoms with E-state index in [1.165, 1.54) is 22.0 Å². The van der Waals surface area contributed by atoms with E-state index in [1.54, 1.807) is 0 Å². The van der Waals surface area contributed by atoms with Gasteiger partial charge in [0.1, 0.15) is 0 Å². The molecule has 0 aliphatic carbocycles. The fourth-order valence-electron chi connectivity index (χ4n) is 3.02. The van der Waals surface area contributed by atoms with Crippen molar-refractivity contribution in [2.45, 2.75) is 12.8 Å². The second-order valence-corrected chi connectivity index (χ2v) is 5.27. The van der Waals surface area contributed by atoms with Crippen molar-refractivity contribution in [3.8, 4) is 11.8 Å². The Morgan fingerprint density at radius 2 is 1.89 bits per heavy atom. The Morgan fingerprint density at radius 3 is 2.79 bits per heavy atom. The average molecular weight is 245 g/mol. The Hall–Kier alpha value is -2.20. The van der Waals surface area contributed by atoms with Crippen molar-refractivity contribution in [1.82, 2.24) is 0 Å². The van der Waals surface area contributed by atoms with Crippen molar-refractivity contribution in [1.29, 1.82) is 0 Å². The van der Waals surface area contributed by atoms with Gasteiger partial charge >= 0.3 is 0 Å². The molecule has 2 aromatic carbocycles. The lowest BCUT2D eigenvalue weighted by molar-refractivity contribution is 0.687. The summed E-state index contributed by atoms with van der Waals surface area (Å²) in [6.07, 6.45) is 4.40. The van der Waals surface area contributed by atoms with Crippen molar-refractivity contribution in [3.05, 3.63) is 53.6 Å². The van der Waals surface area contributed by atoms with Crippen LogP contribution in [0.15, 0.2) is 48.0 Å². The van der Waals surface area contributed by atoms with E-state index in [4.69, 9.17) is 0 Å². The van der Waals surface area contributed by atoms with Crippen LogP contribution in [0.25, 0.3) is 10.8 Å². The number of hydrogen-bond acceptors (Lipinski definition) is 1. The third kappa shape index (κ3) is 1.81. The second-order valence-electron chi connectivity index (χ2n) is 5.27. The topological polar surface area (TPSA) is 3.24 Å². The molecular formula is C18H15N. The SMILES string of the molecule is C1#Cc2ccc3c(cccc3c2)N2CCC(=C1)CC2. The molecule has 0 atom stereocenters. The predicted molar refractivity (Wildman–Crippen MR) is 80.4 cm³/mol. The molecule has 6 bridgehead atoms. The maximum absolute atomic E-state index is 3.26. The number of allylic oxidation sites excluding steroid dienone is 1. The minimum absolute atomic E-state index is 1.10. The molecule has 0 saturated carbocycles. The molecule has 1 nitrogen and oxygen atoms in total. The maximum atomic E-state index is 3.26. The summed E-state index contributed by atoms with van der Waals surface area (Å²) in [4.78, 5) is 2.51. The van der Waals surface area contributed by atoms with Gasteiger partial charge in [0.2, 0.25) is 0 Å². The first kappa shape index (κ1) is 10.7. The summed E-state index contributed by atoms with van der Waals surface area (Å²) < 4.78 is 0. The number of rotatable bonds is 0. The molecule has 7 rings (SSSR count). The fourth-order valence-corrected chi connectivity index (χ4v) is 3.02. The van der Waals surface area contributed by atoms with Gasteiger partial charge in [0.05, 0.1) is 0 Å². The zero-order chi connectivity index (χ0) is 12.7. The van der Waals surface area contributed by atoms with Crippen LogP contribution in [0.2, 0.25) is 0 Å². The lowest BCUT2D eigenvalue weighted by Gasteiger charge is -2.31. The van der Waals surface area contributed by atoms with Crippen LogP contribution in [0.3, 0.4) is 0 Å². The summed E-state index contributed by atoms with van der Waals surface area (Å²) in [5.74, 6) is 6.47. The van der Waals surface area contributed by atoms with Crippen LogP contribution >= 0.6 is 0 Å². The molecule has 0 unspecified atom stereocenters. The number of piperidine rings is 1. The third-order valence-electron chi connectivity index (χ3n) is 4.10. The van der Waals surface area contributed by atoms with Crippen LogP contribution in [-0.4, -0.2) is 13.1 Å². The smallest absolute Gasteiger partial charge is 0.0446 e. The highest BCUT2D eigenvalue weighted by Crippen LogP contribution is 2.30. The molecular weight excluding hydrogens is 230 g/mol. The fraction of sp³-hybridized carbons (Fsp3) is 0.222. The van der Waals surface area contributed by atoms with Gasteiger partial charge in [-0.25, -0.2) is 0 Å². The van der Waals surface area contributed by atoms with Gasteiger partial charge in [-0.3, -0.25) is 0 Å². The van der Waals surface area contributed by atoms with Crippen LogP contribution in [-0.2, 0) is 0 Å². The summed E-state index contributed by atoms with van der Waals surface area (Å²) in [5, 5.41) is 2.64. The van der Waals surface area contributed by atoms with Gasteiger partial charge < -0.3 is 4.90 Å². The summed E-state index contributed by atoms with van der Waals surface area (Å²) in [6.45, 7) is 2.21. The monoisotopic (exact) mass is 245 g/mol. The molecule has 1 saturated heterocycles. The van der Waals surface area contributed by atoms with Gasteiger partial charge in [0.25, 0.3) is 0 Å². The van der Waals surface area contributed by atoms with E-state index < -0.39 is 0 Å². The summed E-state index contributed by atoms with van der Waals surface area (Å²) >= 11 is 0. The van der Waals surface area contributed by atoms with Gasteiger partial charge in [-0.05, 0) is 42.5 Å². The summed E-state index contributed by atoms with van der Waals surface area (Å²) in [5.41, 5.74) is 3.97. The summed E-state index contributed by atoms with van der Waals surface area (Å²) in [7, 11) is 0. The van der Waals surface area contributed by atoms with E-state index >= 15 is 0 Å². The van der Waals surface area contributed by atoms with E-state index in [0.717, 1.165) is 31.5 Å². The van der Waals surface area contributed by atoms with Gasteiger partial charge in [-0.1, -0.05) is 35.6 Å². The molecule has 0 spiro atoms. The van der Waals surface area contributed by atoms with Crippen molar-refractivity contribution in [3.63, 3.8) is 0 Å². The molecule has 19 heavy (non-hydrogen) atoms. The van der Waals surface area contributed by atoms with E-state index in [2.05, 4.69) is 59.2 Å². The van der Waals surface area contributed by atoms with E-state index in [-0.39, 0.29) is 0 Å². The molecule has 5 aliphatic heterocycles. The highest BCUT2D eigenvalue weighted by molar-refractivity contribution is 5.95. The molecule has 0 amide bonds. The Balaban J connectivity index is 2.03. The van der Waals surface area contributed by atoms with E-state index in [9.17, 15) is 0 Å². The van der Waals surface area contributed by atoms with Gasteiger partial charge in [-0.15, -0.1) is 0 Å². The van der Waals surface area contributed by atoms with Crippen molar-refractivity contribution < 1.29 is 0 Å². The highest BCUT2D eigenvalue weighted by Gasteiger charge is 2.16. The Morgan fingerprint density at radius 1 is 1.00 bits per heavy atom. The average Bonchev–Trinajstić information content (AvgIpc) is 2.46. The van der Waals surface area contributed by atoms with Crippen LogP contribution in [0.1, 0.15) is 18.4 Å². The molecule has 5 aliphatic rings. The van der Waals surface area contributed by atoms with Crippen molar-refractivity contribution >= 4 is 16.5 Å². The number of benzene rings is 2. The van der Waals surface area contributed by atoms with E-state index in [0.29, 0.717) is 0 Å². The Kier molecular flexibility index (Phi) is 2.35. The molecule has 5 heterocycles. The van der Waals surface area contributed by atoms with Crippen LogP contribution in [0, 0.1) is 11.8 Å². The zero-order valence-corrected chi connectivity index (χ0v) is 10.8. The van der Waals surface area contributed by atoms with Gasteiger partial charge in [-0.2, -0.15) is 0 Å². The Labute approximate surface area is 113 Å². The first-order valence-electron chi connectivity index (χ1n) is 6.87. The van der Waals surface area contributed by atoms with Crippen LogP contribution in [0.4, 0.5) is 5.69 Å². The third-order valence-corrected chi connectivity index (χ3v) is 4.10. The standard InChI is InChI=1S/C18H15N/c1-3-14-9-11-19(12-10-14)18-6-2-5-16-13-15(4-1)7-8-17(16)18/h2-3,5-8,13H,9-12H2. The Bertz CT molecular complexity index is 733. The molecule has 1 heteroatoms. The molecule has 0 aromatic heterocycles. The first-order valence-corrected chi connectivity index (χ1v) is 6.87. The van der Waals surface area contributed by atoms with Gasteiger partial charge in [0, 0.05) is 29.7 Å². The lowest BCUT2D eigenvalue weighted by Crippen LogP contribution is -2.30. The second kappa shape index (κ2) is 4.17. The highest BCUT2D eigenvalue weighted by atomic mass is 15.1. The first-order chi connectivity index (χ1) is 9.40. The normalized spacial score (nSPS) is 16.8. The largest absolute Gasteiger partial charge is 0.370 e. The molecule has 2 aromatic rings. The summed E-state index contributed by atoms with van der Waals surface area (Å²) in [6, 6.07) is 13.1. The van der Waals surface area contributed by atoms with Crippen molar-refractivity contribution in [2.75, 3.05) is 18.0 Å². The van der Waals surface area contributed by atoms with Gasteiger partial charge in [0.15, 0.2) is 0 Å². The number of hydrogen-bond donors (Lipinski definition) is 0. The van der Waals surface area contributed by atoms with Crippen molar-refractivity contribution in [2.24, 2.45) is 0 Å². The quantitative estimate of drug-likeness (QED) is 0.639. The van der Waals surface area contributed by atoms with Crippen LogP contribution in [0.5, 0.6) is 0 Å². The minimum atomic E-state index is 1.10. The van der Waals surface area contributed by atoms with E-state index in [1.807, 2.05) is 0 Å². The predicted octanol–water partition coefficient (Wildman–Crippen LogP) is 3.73. The molecule has 0 radical (unpaired) electrons. The zero-order valence-electron chi connectivity index (χ0n) is 10.8. The number of anilines is 1. The minimum Gasteiger partial charge on any atom is -0.370 e. The maximum Gasteiger partial charge on any atom is 0.0446 e. The molecule has 0 N–H and O–H groups in total. The lowest BCUT2D eigenvalue weighted by atomic mass is 9.99. The number of nitrogens with zero attached hydrogens (tertiary/aromatic N) is 1. The molecule has 1 fully saturated rings. The molecule has 92 valence electrons.